The van der Waals surface area contributed by atoms with Gasteiger partial charge in [-0.25, -0.2) is 4.79 Å². The maximum Gasteiger partial charge on any atom is 0.335 e. The highest BCUT2D eigenvalue weighted by molar-refractivity contribution is 5.87. The molecule has 3 nitrogen and oxygen atoms in total. The molecule has 0 bridgehead atoms. The number of nitrogens with one attached hydrogen (secondary N) is 1. The molecular weight excluding hydrogens is 214 g/mol. The molecule has 0 spiro atoms. The van der Waals surface area contributed by atoms with Crippen molar-refractivity contribution in [3.05, 3.63) is 42.0 Å². The van der Waals surface area contributed by atoms with Gasteiger partial charge in [-0.2, -0.15) is 0 Å². The lowest BCUT2D eigenvalue weighted by molar-refractivity contribution is 0.0697. The Morgan fingerprint density at radius 1 is 1.29 bits per heavy atom. The molecule has 1 atom stereocenters. The second-order valence-corrected chi connectivity index (χ2v) is 4.41. The van der Waals surface area contributed by atoms with Crippen LogP contribution in [0.3, 0.4) is 0 Å². The van der Waals surface area contributed by atoms with Crippen molar-refractivity contribution in [3.63, 3.8) is 0 Å². The third kappa shape index (κ3) is 3.34. The van der Waals surface area contributed by atoms with Gasteiger partial charge in [0.25, 0.3) is 0 Å². The number of benzene rings is 1. The summed E-state index contributed by atoms with van der Waals surface area (Å²) in [5.41, 5.74) is 1.32. The van der Waals surface area contributed by atoms with E-state index in [9.17, 15) is 4.79 Å². The largest absolute Gasteiger partial charge is 0.478 e. The average Bonchev–Trinajstić information content (AvgIpc) is 2.38. The van der Waals surface area contributed by atoms with E-state index in [1.54, 1.807) is 12.1 Å². The normalized spacial score (nSPS) is 18.9. The van der Waals surface area contributed by atoms with E-state index in [2.05, 4.69) is 17.5 Å². The summed E-state index contributed by atoms with van der Waals surface area (Å²) in [6.45, 7) is 0.955. The number of carbonyl (C=O) groups is 1. The fraction of sp³-hybridized carbons (Fsp3) is 0.357. The summed E-state index contributed by atoms with van der Waals surface area (Å²) < 4.78 is 0. The Balaban J connectivity index is 1.86. The lowest BCUT2D eigenvalue weighted by Gasteiger charge is -2.18. The number of hydrogen-bond donors (Lipinski definition) is 2. The maximum absolute atomic E-state index is 10.7. The molecule has 1 unspecified atom stereocenters. The number of allylic oxidation sites excluding steroid dienone is 2. The summed E-state index contributed by atoms with van der Waals surface area (Å²) in [5, 5.41) is 12.1. The number of carboxylic acid groups (broad SMARTS) is 1. The van der Waals surface area contributed by atoms with Crippen LogP contribution in [-0.2, 0) is 0 Å². The molecule has 90 valence electrons. The molecule has 0 fully saturated rings. The molecule has 0 aromatic heterocycles. The van der Waals surface area contributed by atoms with Crippen LogP contribution in [-0.4, -0.2) is 17.6 Å². The summed E-state index contributed by atoms with van der Waals surface area (Å²) in [7, 11) is 0. The topological polar surface area (TPSA) is 49.3 Å². The first-order chi connectivity index (χ1) is 8.25. The molecule has 1 aromatic rings. The molecule has 3 heteroatoms. The van der Waals surface area contributed by atoms with Crippen molar-refractivity contribution in [3.8, 4) is 0 Å². The molecule has 0 saturated carbocycles. The minimum atomic E-state index is -0.881. The van der Waals surface area contributed by atoms with Gasteiger partial charge in [0, 0.05) is 12.2 Å². The van der Waals surface area contributed by atoms with Crippen molar-refractivity contribution in [1.82, 2.24) is 0 Å². The number of hydrogen-bond acceptors (Lipinski definition) is 2. The fourth-order valence-electron chi connectivity index (χ4n) is 2.03. The lowest BCUT2D eigenvalue weighted by atomic mass is 9.94. The number of anilines is 1. The SMILES string of the molecule is O=C(O)c1ccc(NCC2CC=CCC2)cc1. The number of aromatic carboxylic acids is 1. The molecule has 0 radical (unpaired) electrons. The minimum absolute atomic E-state index is 0.330. The van der Waals surface area contributed by atoms with Crippen molar-refractivity contribution >= 4 is 11.7 Å². The molecule has 0 saturated heterocycles. The molecule has 1 aliphatic carbocycles. The van der Waals surface area contributed by atoms with Crippen molar-refractivity contribution < 1.29 is 9.90 Å². The average molecular weight is 231 g/mol. The predicted octanol–water partition coefficient (Wildman–Crippen LogP) is 3.15. The van der Waals surface area contributed by atoms with E-state index in [1.165, 1.54) is 12.8 Å². The van der Waals surface area contributed by atoms with Crippen LogP contribution in [0.2, 0.25) is 0 Å². The van der Waals surface area contributed by atoms with Gasteiger partial charge in [-0.1, -0.05) is 12.2 Å². The Hall–Kier alpha value is -1.77. The highest BCUT2D eigenvalue weighted by Gasteiger charge is 2.09. The minimum Gasteiger partial charge on any atom is -0.478 e. The smallest absolute Gasteiger partial charge is 0.335 e. The molecule has 0 heterocycles. The summed E-state index contributed by atoms with van der Waals surface area (Å²) in [4.78, 5) is 10.7. The Morgan fingerprint density at radius 3 is 2.65 bits per heavy atom. The Bertz CT molecular complexity index is 409. The molecule has 1 aromatic carbocycles. The second kappa shape index (κ2) is 5.53. The van der Waals surface area contributed by atoms with Gasteiger partial charge in [0.05, 0.1) is 5.56 Å². The van der Waals surface area contributed by atoms with E-state index in [1.807, 2.05) is 12.1 Å². The zero-order chi connectivity index (χ0) is 12.1. The second-order valence-electron chi connectivity index (χ2n) is 4.41. The van der Waals surface area contributed by atoms with Crippen LogP contribution >= 0.6 is 0 Å². The van der Waals surface area contributed by atoms with Gasteiger partial charge in [-0.15, -0.1) is 0 Å². The van der Waals surface area contributed by atoms with Crippen LogP contribution in [0.5, 0.6) is 0 Å². The zero-order valence-corrected chi connectivity index (χ0v) is 9.73. The fourth-order valence-corrected chi connectivity index (χ4v) is 2.03. The molecule has 17 heavy (non-hydrogen) atoms. The number of rotatable bonds is 4. The van der Waals surface area contributed by atoms with E-state index < -0.39 is 5.97 Å². The summed E-state index contributed by atoms with van der Waals surface area (Å²) >= 11 is 0. The summed E-state index contributed by atoms with van der Waals surface area (Å²) in [6.07, 6.45) is 8.02. The maximum atomic E-state index is 10.7. The quantitative estimate of drug-likeness (QED) is 0.782. The molecule has 0 amide bonds. The Morgan fingerprint density at radius 2 is 2.06 bits per heavy atom. The van der Waals surface area contributed by atoms with E-state index in [0.29, 0.717) is 11.5 Å². The highest BCUT2D eigenvalue weighted by Crippen LogP contribution is 2.19. The molecular formula is C14H17NO2. The van der Waals surface area contributed by atoms with Gasteiger partial charge in [-0.3, -0.25) is 0 Å². The van der Waals surface area contributed by atoms with Crippen LogP contribution in [0.1, 0.15) is 29.6 Å². The highest BCUT2D eigenvalue weighted by atomic mass is 16.4. The molecule has 1 aliphatic rings. The molecule has 0 aliphatic heterocycles. The van der Waals surface area contributed by atoms with Crippen molar-refractivity contribution in [1.29, 1.82) is 0 Å². The van der Waals surface area contributed by atoms with Crippen LogP contribution in [0.15, 0.2) is 36.4 Å². The van der Waals surface area contributed by atoms with Crippen molar-refractivity contribution in [2.24, 2.45) is 5.92 Å². The van der Waals surface area contributed by atoms with E-state index in [-0.39, 0.29) is 0 Å². The van der Waals surface area contributed by atoms with Gasteiger partial charge in [0.1, 0.15) is 0 Å². The van der Waals surface area contributed by atoms with Crippen LogP contribution < -0.4 is 5.32 Å². The standard InChI is InChI=1S/C14H17NO2/c16-14(17)12-6-8-13(9-7-12)15-10-11-4-2-1-3-5-11/h1-2,6-9,11,15H,3-5,10H2,(H,16,17). The zero-order valence-electron chi connectivity index (χ0n) is 9.73. The van der Waals surface area contributed by atoms with Crippen LogP contribution in [0, 0.1) is 5.92 Å². The van der Waals surface area contributed by atoms with Crippen molar-refractivity contribution in [2.75, 3.05) is 11.9 Å². The van der Waals surface area contributed by atoms with Crippen LogP contribution in [0.25, 0.3) is 0 Å². The third-order valence-electron chi connectivity index (χ3n) is 3.10. The third-order valence-corrected chi connectivity index (χ3v) is 3.10. The molecule has 2 rings (SSSR count). The first kappa shape index (κ1) is 11.7. The Labute approximate surface area is 101 Å². The van der Waals surface area contributed by atoms with Gasteiger partial charge in [0.2, 0.25) is 0 Å². The first-order valence-electron chi connectivity index (χ1n) is 5.98. The van der Waals surface area contributed by atoms with E-state index in [4.69, 9.17) is 5.11 Å². The van der Waals surface area contributed by atoms with Crippen LogP contribution in [0.4, 0.5) is 5.69 Å². The first-order valence-corrected chi connectivity index (χ1v) is 5.98. The lowest BCUT2D eigenvalue weighted by Crippen LogP contribution is -2.15. The van der Waals surface area contributed by atoms with Gasteiger partial charge in [0.15, 0.2) is 0 Å². The van der Waals surface area contributed by atoms with E-state index in [0.717, 1.165) is 18.7 Å². The van der Waals surface area contributed by atoms with Gasteiger partial charge < -0.3 is 10.4 Å². The molecule has 2 N–H and O–H groups in total. The predicted molar refractivity (Wildman–Crippen MR) is 68.4 cm³/mol. The Kier molecular flexibility index (Phi) is 3.81. The van der Waals surface area contributed by atoms with Gasteiger partial charge in [-0.05, 0) is 49.4 Å². The summed E-state index contributed by atoms with van der Waals surface area (Å²) in [6, 6.07) is 6.90. The monoisotopic (exact) mass is 231 g/mol. The number of carboxylic acids is 1. The van der Waals surface area contributed by atoms with E-state index >= 15 is 0 Å². The van der Waals surface area contributed by atoms with Gasteiger partial charge >= 0.3 is 5.97 Å². The van der Waals surface area contributed by atoms with Crippen molar-refractivity contribution in [2.45, 2.75) is 19.3 Å². The summed E-state index contributed by atoms with van der Waals surface area (Å²) in [5.74, 6) is -0.187.